The second kappa shape index (κ2) is 9.95. The van der Waals surface area contributed by atoms with E-state index in [2.05, 4.69) is 18.8 Å². The summed E-state index contributed by atoms with van der Waals surface area (Å²) < 4.78 is 12.3. The van der Waals surface area contributed by atoms with Crippen molar-refractivity contribution >= 4 is 38.5 Å². The van der Waals surface area contributed by atoms with Crippen LogP contribution in [0, 0.1) is 0 Å². The Morgan fingerprint density at radius 1 is 1.18 bits per heavy atom. The van der Waals surface area contributed by atoms with Crippen LogP contribution >= 0.6 is 11.3 Å². The number of para-hydroxylation sites is 1. The summed E-state index contributed by atoms with van der Waals surface area (Å²) >= 11 is 1.33. The first-order valence-corrected chi connectivity index (χ1v) is 12.5. The summed E-state index contributed by atoms with van der Waals surface area (Å²) in [5, 5.41) is 11.8. The van der Waals surface area contributed by atoms with Gasteiger partial charge in [-0.1, -0.05) is 19.1 Å². The maximum Gasteiger partial charge on any atom is 0.375 e. The van der Waals surface area contributed by atoms with Crippen LogP contribution in [-0.4, -0.2) is 35.8 Å². The second-order valence-corrected chi connectivity index (χ2v) is 9.10. The maximum atomic E-state index is 13.9. The molecule has 2 aromatic heterocycles. The summed E-state index contributed by atoms with van der Waals surface area (Å²) in [5.74, 6) is -0.797. The van der Waals surface area contributed by atoms with Gasteiger partial charge in [-0.25, -0.2) is 9.78 Å². The van der Waals surface area contributed by atoms with E-state index >= 15 is 0 Å². The predicted octanol–water partition coefficient (Wildman–Crippen LogP) is 3.94. The molecule has 0 bridgehead atoms. The quantitative estimate of drug-likeness (QED) is 0.370. The van der Waals surface area contributed by atoms with Crippen molar-refractivity contribution in [2.24, 2.45) is 0 Å². The van der Waals surface area contributed by atoms with E-state index in [4.69, 9.17) is 9.15 Å². The van der Waals surface area contributed by atoms with Gasteiger partial charge in [-0.05, 0) is 51.0 Å². The lowest BCUT2D eigenvalue weighted by molar-refractivity contribution is -0.910. The molecule has 2 N–H and O–H groups in total. The van der Waals surface area contributed by atoms with E-state index in [-0.39, 0.29) is 34.7 Å². The molecule has 0 saturated heterocycles. The summed E-state index contributed by atoms with van der Waals surface area (Å²) in [7, 11) is 0. The molecule has 2 aromatic carbocycles. The number of thiazole rings is 1. The number of phenols is 1. The number of hydrogen-bond acceptors (Lipinski definition) is 7. The molecule has 0 aliphatic rings. The molecule has 2 heterocycles. The molecule has 0 unspecified atom stereocenters. The van der Waals surface area contributed by atoms with Crippen molar-refractivity contribution in [3.63, 3.8) is 0 Å². The predicted molar refractivity (Wildman–Crippen MR) is 134 cm³/mol. The second-order valence-electron chi connectivity index (χ2n) is 8.07. The minimum absolute atomic E-state index is 0.0982. The molecule has 7 nitrogen and oxygen atoms in total. The topological polar surface area (TPSA) is 94.1 Å². The fourth-order valence-corrected chi connectivity index (χ4v) is 5.15. The number of fused-ring (bicyclic) bond motifs is 2. The molecule has 0 atom stereocenters. The number of aryl methyl sites for hydroxylation is 1. The van der Waals surface area contributed by atoms with Crippen molar-refractivity contribution in [1.82, 2.24) is 4.98 Å². The number of quaternary nitrogens is 1. The number of benzene rings is 2. The third-order valence-electron chi connectivity index (χ3n) is 6.11. The van der Waals surface area contributed by atoms with Crippen LogP contribution in [0.25, 0.3) is 31.8 Å². The van der Waals surface area contributed by atoms with E-state index in [1.165, 1.54) is 16.2 Å². The average Bonchev–Trinajstić information content (AvgIpc) is 3.27. The number of aromatic nitrogens is 1. The molecule has 8 heteroatoms. The molecule has 0 saturated carbocycles. The van der Waals surface area contributed by atoms with E-state index in [1.807, 2.05) is 31.2 Å². The van der Waals surface area contributed by atoms with Crippen LogP contribution in [0.4, 0.5) is 0 Å². The molecule has 0 fully saturated rings. The Bertz CT molecular complexity index is 1390. The van der Waals surface area contributed by atoms with E-state index in [1.54, 1.807) is 13.0 Å². The van der Waals surface area contributed by atoms with Gasteiger partial charge >= 0.3 is 5.97 Å². The standard InChI is InChI=1S/C26H28N2O5S/c1-5-15-13-16-22(30)20(25-27-18-11-9-10-12-19(18)34-25)24(26(31)32-8-4)33-23(16)17(21(15)29)14-28(6-2)7-3/h9-13,29H,5-8,14H2,1-4H3/p+1. The number of rotatable bonds is 8. The third kappa shape index (κ3) is 4.19. The number of phenolic OH excluding ortho intramolecular Hbond substituents is 1. The van der Waals surface area contributed by atoms with E-state index in [0.29, 0.717) is 34.5 Å². The van der Waals surface area contributed by atoms with Gasteiger partial charge in [0, 0.05) is 0 Å². The fourth-order valence-electron chi connectivity index (χ4n) is 4.15. The largest absolute Gasteiger partial charge is 0.507 e. The lowest BCUT2D eigenvalue weighted by Gasteiger charge is -2.19. The highest BCUT2D eigenvalue weighted by atomic mass is 32.1. The van der Waals surface area contributed by atoms with Crippen LogP contribution in [0.1, 0.15) is 49.4 Å². The van der Waals surface area contributed by atoms with Gasteiger partial charge in [0.2, 0.25) is 11.2 Å². The van der Waals surface area contributed by atoms with Crippen LogP contribution in [0.2, 0.25) is 0 Å². The van der Waals surface area contributed by atoms with Gasteiger partial charge in [0.15, 0.2) is 5.58 Å². The van der Waals surface area contributed by atoms with E-state index in [0.717, 1.165) is 23.3 Å². The third-order valence-corrected chi connectivity index (χ3v) is 7.16. The number of aromatic hydroxyl groups is 1. The molecule has 178 valence electrons. The Kier molecular flexibility index (Phi) is 7.00. The zero-order valence-electron chi connectivity index (χ0n) is 19.9. The van der Waals surface area contributed by atoms with Gasteiger partial charge in [-0.2, -0.15) is 0 Å². The van der Waals surface area contributed by atoms with E-state index < -0.39 is 5.97 Å². The minimum atomic E-state index is -0.726. The number of nitrogens with one attached hydrogen (secondary N) is 1. The molecular weight excluding hydrogens is 452 g/mol. The maximum absolute atomic E-state index is 13.9. The van der Waals surface area contributed by atoms with Crippen molar-refractivity contribution < 1.29 is 24.0 Å². The highest BCUT2D eigenvalue weighted by Gasteiger charge is 2.29. The average molecular weight is 482 g/mol. The Morgan fingerprint density at radius 2 is 1.91 bits per heavy atom. The molecule has 0 radical (unpaired) electrons. The Labute approximate surface area is 201 Å². The van der Waals surface area contributed by atoms with Gasteiger partial charge in [-0.15, -0.1) is 11.3 Å². The summed E-state index contributed by atoms with van der Waals surface area (Å²) in [5.41, 5.74) is 1.91. The van der Waals surface area contributed by atoms with E-state index in [9.17, 15) is 14.7 Å². The monoisotopic (exact) mass is 481 g/mol. The highest BCUT2D eigenvalue weighted by molar-refractivity contribution is 7.21. The van der Waals surface area contributed by atoms with Gasteiger partial charge in [-0.3, -0.25) is 4.79 Å². The zero-order chi connectivity index (χ0) is 24.4. The summed E-state index contributed by atoms with van der Waals surface area (Å²) in [6.45, 7) is 10.0. The first-order chi connectivity index (χ1) is 16.4. The molecule has 4 rings (SSSR count). The van der Waals surface area contributed by atoms with Crippen LogP contribution in [0.15, 0.2) is 39.5 Å². The van der Waals surface area contributed by atoms with Crippen LogP contribution in [0.5, 0.6) is 5.75 Å². The highest BCUT2D eigenvalue weighted by Crippen LogP contribution is 2.36. The molecule has 0 spiro atoms. The van der Waals surface area contributed by atoms with Crippen molar-refractivity contribution in [2.45, 2.75) is 40.7 Å². The lowest BCUT2D eigenvalue weighted by Crippen LogP contribution is -3.10. The first kappa shape index (κ1) is 23.9. The summed E-state index contributed by atoms with van der Waals surface area (Å²) in [6, 6.07) is 9.22. The zero-order valence-corrected chi connectivity index (χ0v) is 20.7. The number of esters is 1. The van der Waals surface area contributed by atoms with Crippen LogP contribution in [-0.2, 0) is 17.7 Å². The summed E-state index contributed by atoms with van der Waals surface area (Å²) in [6.07, 6.45) is 0.553. The molecular formula is C26H29N2O5S+. The van der Waals surface area contributed by atoms with Crippen LogP contribution < -0.4 is 10.3 Å². The smallest absolute Gasteiger partial charge is 0.375 e. The molecule has 34 heavy (non-hydrogen) atoms. The number of hydrogen-bond donors (Lipinski definition) is 2. The molecule has 0 aliphatic carbocycles. The Balaban J connectivity index is 2.08. The minimum Gasteiger partial charge on any atom is -0.507 e. The SMILES string of the molecule is CCOC(=O)c1oc2c(C[NH+](CC)CC)c(O)c(CC)cc2c(=O)c1-c1nc2ccccc2s1. The normalized spacial score (nSPS) is 11.6. The van der Waals surface area contributed by atoms with Crippen molar-refractivity contribution in [1.29, 1.82) is 0 Å². The molecule has 4 aromatic rings. The first-order valence-electron chi connectivity index (χ1n) is 11.6. The van der Waals surface area contributed by atoms with Crippen molar-refractivity contribution in [3.05, 3.63) is 57.4 Å². The number of carbonyl (C=O) groups is 1. The number of ether oxygens (including phenoxy) is 1. The number of nitrogens with zero attached hydrogens (tertiary/aromatic N) is 1. The Morgan fingerprint density at radius 3 is 2.56 bits per heavy atom. The van der Waals surface area contributed by atoms with Gasteiger partial charge in [0.1, 0.15) is 22.9 Å². The van der Waals surface area contributed by atoms with Gasteiger partial charge in [0.25, 0.3) is 0 Å². The summed E-state index contributed by atoms with van der Waals surface area (Å²) in [4.78, 5) is 32.7. The lowest BCUT2D eigenvalue weighted by atomic mass is 10.00. The van der Waals surface area contributed by atoms with Crippen LogP contribution in [0.3, 0.4) is 0 Å². The van der Waals surface area contributed by atoms with Gasteiger partial charge in [0.05, 0.1) is 40.9 Å². The molecule has 0 amide bonds. The Hall–Kier alpha value is -3.23. The van der Waals surface area contributed by atoms with Crippen molar-refractivity contribution in [2.75, 3.05) is 19.7 Å². The fraction of sp³-hybridized carbons (Fsp3) is 0.346. The van der Waals surface area contributed by atoms with Crippen molar-refractivity contribution in [3.8, 4) is 16.3 Å². The molecule has 0 aliphatic heterocycles. The number of carbonyl (C=O) groups excluding carboxylic acids is 1. The van der Waals surface area contributed by atoms with Gasteiger partial charge < -0.3 is 19.2 Å².